The van der Waals surface area contributed by atoms with Gasteiger partial charge in [-0.05, 0) is 47.9 Å². The summed E-state index contributed by atoms with van der Waals surface area (Å²) >= 11 is 3.35. The molecular weight excluding hydrogens is 573 g/mol. The van der Waals surface area contributed by atoms with Crippen LogP contribution in [0.1, 0.15) is 24.5 Å². The Bertz CT molecular complexity index is 1340. The third-order valence-electron chi connectivity index (χ3n) is 5.86. The number of halogens is 2. The van der Waals surface area contributed by atoms with Crippen molar-refractivity contribution in [1.29, 1.82) is 0 Å². The highest BCUT2D eigenvalue weighted by Gasteiger charge is 2.33. The van der Waals surface area contributed by atoms with E-state index in [2.05, 4.69) is 21.2 Å². The minimum atomic E-state index is -3.85. The van der Waals surface area contributed by atoms with Gasteiger partial charge in [0.15, 0.2) is 0 Å². The van der Waals surface area contributed by atoms with Gasteiger partial charge >= 0.3 is 0 Å². The van der Waals surface area contributed by atoms with Gasteiger partial charge in [-0.2, -0.15) is 0 Å². The Morgan fingerprint density at radius 3 is 2.26 bits per heavy atom. The zero-order chi connectivity index (χ0) is 27.7. The van der Waals surface area contributed by atoms with Gasteiger partial charge < -0.3 is 10.2 Å². The summed E-state index contributed by atoms with van der Waals surface area (Å²) in [5.41, 5.74) is 1.76. The summed E-state index contributed by atoms with van der Waals surface area (Å²) in [6, 6.07) is 20.6. The van der Waals surface area contributed by atoms with E-state index >= 15 is 0 Å². The quantitative estimate of drug-likeness (QED) is 0.330. The number of sulfonamides is 1. The van der Waals surface area contributed by atoms with Crippen LogP contribution in [-0.4, -0.2) is 50.5 Å². The molecule has 3 aromatic rings. The molecule has 0 aromatic heterocycles. The summed E-state index contributed by atoms with van der Waals surface area (Å²) in [6.45, 7) is 1.83. The lowest BCUT2D eigenvalue weighted by atomic mass is 10.0. The van der Waals surface area contributed by atoms with Crippen LogP contribution in [0.15, 0.2) is 83.3 Å². The summed E-state index contributed by atoms with van der Waals surface area (Å²) in [6.07, 6.45) is 1.96. The Morgan fingerprint density at radius 1 is 0.974 bits per heavy atom. The Balaban J connectivity index is 2.03. The molecule has 202 valence electrons. The first-order valence-corrected chi connectivity index (χ1v) is 14.8. The van der Waals surface area contributed by atoms with Crippen molar-refractivity contribution < 1.29 is 22.4 Å². The van der Waals surface area contributed by atoms with Crippen molar-refractivity contribution >= 4 is 43.5 Å². The van der Waals surface area contributed by atoms with Gasteiger partial charge in [0.2, 0.25) is 21.8 Å². The lowest BCUT2D eigenvalue weighted by Crippen LogP contribution is -2.53. The Morgan fingerprint density at radius 2 is 1.66 bits per heavy atom. The van der Waals surface area contributed by atoms with Crippen LogP contribution in [0.3, 0.4) is 0 Å². The summed E-state index contributed by atoms with van der Waals surface area (Å²) < 4.78 is 40.8. The maximum atomic E-state index is 13.9. The number of hydrogen-bond acceptors (Lipinski definition) is 4. The average Bonchev–Trinajstić information content (AvgIpc) is 2.88. The molecule has 1 atom stereocenters. The van der Waals surface area contributed by atoms with Crippen molar-refractivity contribution in [2.45, 2.75) is 32.4 Å². The number of anilines is 1. The molecule has 0 aliphatic rings. The number of benzene rings is 3. The second-order valence-corrected chi connectivity index (χ2v) is 11.7. The van der Waals surface area contributed by atoms with E-state index in [1.54, 1.807) is 36.4 Å². The van der Waals surface area contributed by atoms with Gasteiger partial charge in [0.25, 0.3) is 0 Å². The molecule has 0 bridgehead atoms. The number of carbonyl (C=O) groups is 2. The summed E-state index contributed by atoms with van der Waals surface area (Å²) in [5, 5.41) is 2.87. The van der Waals surface area contributed by atoms with E-state index in [4.69, 9.17) is 0 Å². The van der Waals surface area contributed by atoms with E-state index in [0.717, 1.165) is 16.1 Å². The van der Waals surface area contributed by atoms with Gasteiger partial charge in [-0.3, -0.25) is 13.9 Å². The van der Waals surface area contributed by atoms with Gasteiger partial charge in [-0.25, -0.2) is 12.8 Å². The molecule has 0 spiro atoms. The molecule has 0 fully saturated rings. The van der Waals surface area contributed by atoms with Crippen LogP contribution in [0.25, 0.3) is 0 Å². The minimum absolute atomic E-state index is 0.00769. The predicted octanol–water partition coefficient (Wildman–Crippen LogP) is 4.52. The number of hydrogen-bond donors (Lipinski definition) is 1. The van der Waals surface area contributed by atoms with E-state index < -0.39 is 34.3 Å². The first-order valence-electron chi connectivity index (χ1n) is 12.2. The molecule has 0 aliphatic carbocycles. The van der Waals surface area contributed by atoms with Gasteiger partial charge in [-0.1, -0.05) is 71.4 Å². The largest absolute Gasteiger partial charge is 0.354 e. The summed E-state index contributed by atoms with van der Waals surface area (Å²) in [5.74, 6) is -1.34. The van der Waals surface area contributed by atoms with Gasteiger partial charge in [0.1, 0.15) is 18.4 Å². The second kappa shape index (κ2) is 13.5. The van der Waals surface area contributed by atoms with Crippen molar-refractivity contribution in [2.75, 3.05) is 23.7 Å². The molecule has 0 aliphatic heterocycles. The molecule has 0 radical (unpaired) electrons. The van der Waals surface area contributed by atoms with Crippen LogP contribution in [-0.2, 0) is 32.6 Å². The lowest BCUT2D eigenvalue weighted by molar-refractivity contribution is -0.140. The molecule has 1 N–H and O–H groups in total. The van der Waals surface area contributed by atoms with Gasteiger partial charge in [0.05, 0.1) is 11.9 Å². The third kappa shape index (κ3) is 8.39. The summed E-state index contributed by atoms with van der Waals surface area (Å²) in [4.78, 5) is 28.7. The fourth-order valence-electron chi connectivity index (χ4n) is 3.95. The summed E-state index contributed by atoms with van der Waals surface area (Å²) in [7, 11) is -3.85. The van der Waals surface area contributed by atoms with E-state index in [1.165, 1.54) is 17.0 Å². The van der Waals surface area contributed by atoms with Crippen LogP contribution in [0.2, 0.25) is 0 Å². The number of nitrogens with zero attached hydrogens (tertiary/aromatic N) is 2. The monoisotopic (exact) mass is 603 g/mol. The van der Waals surface area contributed by atoms with Gasteiger partial charge in [0, 0.05) is 24.0 Å². The lowest BCUT2D eigenvalue weighted by Gasteiger charge is -2.33. The molecule has 3 rings (SSSR count). The van der Waals surface area contributed by atoms with Gasteiger partial charge in [-0.15, -0.1) is 0 Å². The Labute approximate surface area is 231 Å². The fraction of sp³-hybridized carbons (Fsp3) is 0.286. The molecule has 2 amide bonds. The first kappa shape index (κ1) is 29.3. The average molecular weight is 605 g/mol. The molecule has 38 heavy (non-hydrogen) atoms. The minimum Gasteiger partial charge on any atom is -0.354 e. The normalized spacial score (nSPS) is 12.0. The van der Waals surface area contributed by atoms with Crippen molar-refractivity contribution in [2.24, 2.45) is 0 Å². The molecule has 3 aromatic carbocycles. The Kier molecular flexibility index (Phi) is 10.4. The van der Waals surface area contributed by atoms with Crippen molar-refractivity contribution in [3.8, 4) is 0 Å². The van der Waals surface area contributed by atoms with E-state index in [0.29, 0.717) is 28.7 Å². The maximum absolute atomic E-state index is 13.9. The van der Waals surface area contributed by atoms with Crippen LogP contribution in [0.5, 0.6) is 0 Å². The highest BCUT2D eigenvalue weighted by molar-refractivity contribution is 9.10. The molecule has 0 saturated carbocycles. The van der Waals surface area contributed by atoms with Crippen LogP contribution in [0.4, 0.5) is 10.1 Å². The molecule has 0 unspecified atom stereocenters. The van der Waals surface area contributed by atoms with E-state index in [9.17, 15) is 22.4 Å². The molecule has 10 heteroatoms. The maximum Gasteiger partial charge on any atom is 0.244 e. The van der Waals surface area contributed by atoms with Crippen LogP contribution < -0.4 is 9.62 Å². The number of carbonyl (C=O) groups excluding carboxylic acids is 2. The Hall–Kier alpha value is -3.24. The molecule has 0 heterocycles. The van der Waals surface area contributed by atoms with E-state index in [1.807, 2.05) is 37.3 Å². The van der Waals surface area contributed by atoms with Crippen LogP contribution in [0, 0.1) is 5.82 Å². The number of nitrogens with one attached hydrogen (secondary N) is 1. The second-order valence-electron chi connectivity index (χ2n) is 8.89. The predicted molar refractivity (Wildman–Crippen MR) is 151 cm³/mol. The molecule has 7 nitrogen and oxygen atoms in total. The fourth-order valence-corrected chi connectivity index (χ4v) is 5.18. The van der Waals surface area contributed by atoms with Crippen LogP contribution >= 0.6 is 15.9 Å². The highest BCUT2D eigenvalue weighted by atomic mass is 79.9. The topological polar surface area (TPSA) is 86.8 Å². The SMILES string of the molecule is CCCNC(=O)[C@H](Cc1ccccc1)N(Cc1ccc(F)cc1)C(=O)CN(c1cccc(Br)c1)S(C)(=O)=O. The first-order chi connectivity index (χ1) is 18.1. The van der Waals surface area contributed by atoms with E-state index in [-0.39, 0.29) is 18.9 Å². The third-order valence-corrected chi connectivity index (χ3v) is 7.50. The standard InChI is InChI=1S/C28H31BrFN3O4S/c1-3-16-31-28(35)26(17-21-8-5-4-6-9-21)32(19-22-12-14-24(30)15-13-22)27(34)20-33(38(2,36)37)25-11-7-10-23(29)18-25/h4-15,18,26H,3,16-17,19-20H2,1-2H3,(H,31,35)/t26-/m0/s1. The number of amides is 2. The molecule has 0 saturated heterocycles. The van der Waals surface area contributed by atoms with Crippen molar-refractivity contribution in [1.82, 2.24) is 10.2 Å². The zero-order valence-electron chi connectivity index (χ0n) is 21.3. The highest BCUT2D eigenvalue weighted by Crippen LogP contribution is 2.23. The zero-order valence-corrected chi connectivity index (χ0v) is 23.7. The van der Waals surface area contributed by atoms with Crippen molar-refractivity contribution in [3.63, 3.8) is 0 Å². The van der Waals surface area contributed by atoms with Crippen molar-refractivity contribution in [3.05, 3.63) is 100 Å². The smallest absolute Gasteiger partial charge is 0.244 e. The number of rotatable bonds is 12. The molecular formula is C28H31BrFN3O4S.